The van der Waals surface area contributed by atoms with Gasteiger partial charge in [0.25, 0.3) is 5.91 Å². The summed E-state index contributed by atoms with van der Waals surface area (Å²) in [4.78, 5) is 12.3. The highest BCUT2D eigenvalue weighted by Gasteiger charge is 2.15. The Balaban J connectivity index is 1.43. The summed E-state index contributed by atoms with van der Waals surface area (Å²) in [5, 5.41) is 5.09. The molecule has 4 nitrogen and oxygen atoms in total. The fourth-order valence-corrected chi connectivity index (χ4v) is 3.04. The number of ether oxygens (including phenoxy) is 2. The SMILES string of the molecule is C[C@@H](Oc1ccc2ccccc2c1)C(=O)NCCOc1ccc(C(C)(C)C)cc1. The summed E-state index contributed by atoms with van der Waals surface area (Å²) >= 11 is 0. The number of nitrogens with one attached hydrogen (secondary N) is 1. The van der Waals surface area contributed by atoms with Gasteiger partial charge in [0, 0.05) is 0 Å². The number of benzene rings is 3. The summed E-state index contributed by atoms with van der Waals surface area (Å²) in [5.41, 5.74) is 1.38. The normalized spacial score (nSPS) is 12.4. The highest BCUT2D eigenvalue weighted by molar-refractivity contribution is 5.84. The third-order valence-electron chi connectivity index (χ3n) is 4.79. The van der Waals surface area contributed by atoms with Crippen LogP contribution in [-0.4, -0.2) is 25.2 Å². The monoisotopic (exact) mass is 391 g/mol. The van der Waals surface area contributed by atoms with E-state index in [-0.39, 0.29) is 11.3 Å². The number of fused-ring (bicyclic) bond motifs is 1. The van der Waals surface area contributed by atoms with Gasteiger partial charge in [-0.15, -0.1) is 0 Å². The summed E-state index contributed by atoms with van der Waals surface area (Å²) in [5.74, 6) is 1.32. The van der Waals surface area contributed by atoms with Crippen LogP contribution in [0.2, 0.25) is 0 Å². The van der Waals surface area contributed by atoms with Crippen molar-refractivity contribution in [3.63, 3.8) is 0 Å². The van der Waals surface area contributed by atoms with Crippen LogP contribution in [0.1, 0.15) is 33.3 Å². The molecule has 0 bridgehead atoms. The Bertz CT molecular complexity index is 958. The Labute approximate surface area is 172 Å². The standard InChI is InChI=1S/C25H29NO3/c1-18(29-23-12-9-19-7-5-6-8-20(19)17-23)24(27)26-15-16-28-22-13-10-21(11-14-22)25(2,3)4/h5-14,17-18H,15-16H2,1-4H3,(H,26,27)/t18-/m1/s1. The molecule has 3 aromatic rings. The lowest BCUT2D eigenvalue weighted by atomic mass is 9.87. The maximum atomic E-state index is 12.3. The minimum absolute atomic E-state index is 0.119. The topological polar surface area (TPSA) is 47.6 Å². The lowest BCUT2D eigenvalue weighted by Gasteiger charge is -2.19. The smallest absolute Gasteiger partial charge is 0.260 e. The van der Waals surface area contributed by atoms with E-state index in [1.165, 1.54) is 5.56 Å². The Kier molecular flexibility index (Phi) is 6.42. The second-order valence-corrected chi connectivity index (χ2v) is 8.18. The predicted octanol–water partition coefficient (Wildman–Crippen LogP) is 5.10. The van der Waals surface area contributed by atoms with E-state index in [4.69, 9.17) is 9.47 Å². The molecule has 152 valence electrons. The van der Waals surface area contributed by atoms with Crippen LogP contribution in [0.25, 0.3) is 10.8 Å². The zero-order valence-corrected chi connectivity index (χ0v) is 17.6. The molecule has 1 atom stereocenters. The van der Waals surface area contributed by atoms with Gasteiger partial charge in [0.1, 0.15) is 18.1 Å². The zero-order chi connectivity index (χ0) is 20.9. The highest BCUT2D eigenvalue weighted by Crippen LogP contribution is 2.24. The second kappa shape index (κ2) is 8.99. The first-order chi connectivity index (χ1) is 13.8. The molecule has 4 heteroatoms. The van der Waals surface area contributed by atoms with Crippen LogP contribution in [-0.2, 0) is 10.2 Å². The number of rotatable bonds is 7. The van der Waals surface area contributed by atoms with Crippen molar-refractivity contribution in [2.45, 2.75) is 39.2 Å². The summed E-state index contributed by atoms with van der Waals surface area (Å²) in [6.07, 6.45) is -0.581. The van der Waals surface area contributed by atoms with E-state index in [2.05, 4.69) is 38.2 Å². The number of carbonyl (C=O) groups is 1. The maximum absolute atomic E-state index is 12.3. The van der Waals surface area contributed by atoms with Gasteiger partial charge in [0.15, 0.2) is 6.10 Å². The number of carbonyl (C=O) groups excluding carboxylic acids is 1. The molecule has 29 heavy (non-hydrogen) atoms. The fourth-order valence-electron chi connectivity index (χ4n) is 3.04. The average molecular weight is 392 g/mol. The van der Waals surface area contributed by atoms with Gasteiger partial charge in [0.2, 0.25) is 0 Å². The number of hydrogen-bond acceptors (Lipinski definition) is 3. The van der Waals surface area contributed by atoms with Gasteiger partial charge < -0.3 is 14.8 Å². The molecule has 0 saturated heterocycles. The molecule has 0 aliphatic rings. The summed E-state index contributed by atoms with van der Waals surface area (Å²) in [6, 6.07) is 22.0. The van der Waals surface area contributed by atoms with Gasteiger partial charge in [-0.2, -0.15) is 0 Å². The molecule has 3 rings (SSSR count). The first kappa shape index (κ1) is 20.7. The van der Waals surface area contributed by atoms with E-state index in [0.29, 0.717) is 18.9 Å². The molecular weight excluding hydrogens is 362 g/mol. The van der Waals surface area contributed by atoms with Crippen molar-refractivity contribution in [2.24, 2.45) is 0 Å². The maximum Gasteiger partial charge on any atom is 0.260 e. The molecule has 0 radical (unpaired) electrons. The summed E-state index contributed by atoms with van der Waals surface area (Å²) in [6.45, 7) is 9.11. The van der Waals surface area contributed by atoms with E-state index >= 15 is 0 Å². The minimum atomic E-state index is -0.581. The molecule has 0 saturated carbocycles. The Morgan fingerprint density at radius 1 is 0.931 bits per heavy atom. The predicted molar refractivity (Wildman–Crippen MR) is 118 cm³/mol. The molecule has 0 aliphatic carbocycles. The lowest BCUT2D eigenvalue weighted by Crippen LogP contribution is -2.38. The highest BCUT2D eigenvalue weighted by atomic mass is 16.5. The average Bonchev–Trinajstić information content (AvgIpc) is 2.70. The first-order valence-corrected chi connectivity index (χ1v) is 9.99. The summed E-state index contributed by atoms with van der Waals surface area (Å²) < 4.78 is 11.5. The van der Waals surface area contributed by atoms with Gasteiger partial charge in [-0.3, -0.25) is 4.79 Å². The van der Waals surface area contributed by atoms with Crippen LogP contribution >= 0.6 is 0 Å². The van der Waals surface area contributed by atoms with Gasteiger partial charge in [-0.1, -0.05) is 63.2 Å². The van der Waals surface area contributed by atoms with Crippen LogP contribution in [0, 0.1) is 0 Å². The van der Waals surface area contributed by atoms with Crippen LogP contribution in [0.3, 0.4) is 0 Å². The number of hydrogen-bond donors (Lipinski definition) is 1. The molecule has 0 aromatic heterocycles. The molecule has 1 N–H and O–H groups in total. The Hall–Kier alpha value is -3.01. The van der Waals surface area contributed by atoms with E-state index in [0.717, 1.165) is 16.5 Å². The third-order valence-corrected chi connectivity index (χ3v) is 4.79. The largest absolute Gasteiger partial charge is 0.492 e. The second-order valence-electron chi connectivity index (χ2n) is 8.18. The van der Waals surface area contributed by atoms with Crippen molar-refractivity contribution in [1.29, 1.82) is 0 Å². The van der Waals surface area contributed by atoms with Gasteiger partial charge in [0.05, 0.1) is 6.54 Å². The molecule has 0 unspecified atom stereocenters. The third kappa shape index (κ3) is 5.74. The van der Waals surface area contributed by atoms with Crippen LogP contribution < -0.4 is 14.8 Å². The van der Waals surface area contributed by atoms with Gasteiger partial charge in [-0.05, 0) is 52.9 Å². The van der Waals surface area contributed by atoms with Crippen LogP contribution in [0.4, 0.5) is 0 Å². The van der Waals surface area contributed by atoms with E-state index < -0.39 is 6.10 Å². The zero-order valence-electron chi connectivity index (χ0n) is 17.6. The van der Waals surface area contributed by atoms with Crippen molar-refractivity contribution < 1.29 is 14.3 Å². The fraction of sp³-hybridized carbons (Fsp3) is 0.320. The first-order valence-electron chi connectivity index (χ1n) is 9.99. The molecule has 0 spiro atoms. The summed E-state index contributed by atoms with van der Waals surface area (Å²) in [7, 11) is 0. The van der Waals surface area contributed by atoms with Crippen molar-refractivity contribution in [3.05, 3.63) is 72.3 Å². The van der Waals surface area contributed by atoms with E-state index in [9.17, 15) is 4.79 Å². The van der Waals surface area contributed by atoms with Crippen molar-refractivity contribution in [3.8, 4) is 11.5 Å². The Morgan fingerprint density at radius 2 is 1.59 bits per heavy atom. The van der Waals surface area contributed by atoms with Gasteiger partial charge >= 0.3 is 0 Å². The van der Waals surface area contributed by atoms with Crippen molar-refractivity contribution >= 4 is 16.7 Å². The van der Waals surface area contributed by atoms with Gasteiger partial charge in [-0.25, -0.2) is 0 Å². The number of amides is 1. The molecule has 3 aromatic carbocycles. The van der Waals surface area contributed by atoms with Crippen molar-refractivity contribution in [2.75, 3.05) is 13.2 Å². The quantitative estimate of drug-likeness (QED) is 0.570. The van der Waals surface area contributed by atoms with Crippen LogP contribution in [0.15, 0.2) is 66.7 Å². The van der Waals surface area contributed by atoms with Crippen molar-refractivity contribution in [1.82, 2.24) is 5.32 Å². The molecular formula is C25H29NO3. The minimum Gasteiger partial charge on any atom is -0.492 e. The molecule has 0 aliphatic heterocycles. The molecule has 1 amide bonds. The van der Waals surface area contributed by atoms with Crippen LogP contribution in [0.5, 0.6) is 11.5 Å². The molecule has 0 fully saturated rings. The lowest BCUT2D eigenvalue weighted by molar-refractivity contribution is -0.127. The Morgan fingerprint density at radius 3 is 2.28 bits per heavy atom. The molecule has 0 heterocycles. The van der Waals surface area contributed by atoms with E-state index in [1.54, 1.807) is 6.92 Å². The van der Waals surface area contributed by atoms with E-state index in [1.807, 2.05) is 54.6 Å².